The van der Waals surface area contributed by atoms with Crippen molar-refractivity contribution >= 4 is 60.9 Å². The molecule has 0 unspecified atom stereocenters. The Bertz CT molecular complexity index is 4270. The Morgan fingerprint density at radius 3 is 1.61 bits per heavy atom. The molecular weight excluding hydrogens is 923 g/mol. The molecule has 1 saturated carbocycles. The first-order valence-corrected chi connectivity index (χ1v) is 27.0. The van der Waals surface area contributed by atoms with E-state index in [9.17, 15) is 0 Å². The number of nitrogens with zero attached hydrogens (tertiary/aromatic N) is 1. The molecule has 0 saturated heterocycles. The fraction of sp³-hybridized carbons (Fsp3) is 0.0959. The highest BCUT2D eigenvalue weighted by Gasteiger charge is 2.46. The van der Waals surface area contributed by atoms with E-state index in [1.807, 2.05) is 0 Å². The lowest BCUT2D eigenvalue weighted by molar-refractivity contribution is 0.443. The van der Waals surface area contributed by atoms with E-state index in [0.29, 0.717) is 5.92 Å². The molecule has 2 aliphatic carbocycles. The molecule has 3 heteroatoms. The molecule has 2 heterocycles. The molecule has 0 radical (unpaired) electrons. The lowest BCUT2D eigenvalue weighted by Gasteiger charge is -2.35. The molecule has 11 aromatic carbocycles. The number of rotatable bonds is 9. The fourth-order valence-corrected chi connectivity index (χ4v) is 13.2. The number of benzene rings is 11. The minimum Gasteiger partial charge on any atom is -0.456 e. The SMILES string of the molecule is c1ccc(-c2ccc(C3(c4cccc(N(c5ccc6oc7cccc(-c8ccccc8)c7c6c5)c5cccc6oc7ccc(-c8ccc(C9CCCCC9)cc8)cc7c56)c4)c4ccccc4-c4ccccc43)cc2)cc1. The largest absolute Gasteiger partial charge is 0.456 e. The van der Waals surface area contributed by atoms with Crippen molar-refractivity contribution in [2.45, 2.75) is 43.4 Å². The summed E-state index contributed by atoms with van der Waals surface area (Å²) in [5.74, 6) is 0.660. The number of hydrogen-bond acceptors (Lipinski definition) is 3. The Balaban J connectivity index is 0.963. The second-order valence-electron chi connectivity index (χ2n) is 20.9. The van der Waals surface area contributed by atoms with E-state index in [4.69, 9.17) is 8.83 Å². The van der Waals surface area contributed by atoms with Gasteiger partial charge in [0.25, 0.3) is 0 Å². The van der Waals surface area contributed by atoms with Gasteiger partial charge in [0, 0.05) is 27.5 Å². The normalized spacial score (nSPS) is 14.1. The first-order valence-electron chi connectivity index (χ1n) is 27.0. The first kappa shape index (κ1) is 44.3. The number of furan rings is 2. The molecule has 362 valence electrons. The van der Waals surface area contributed by atoms with Crippen molar-refractivity contribution in [2.75, 3.05) is 4.90 Å². The van der Waals surface area contributed by atoms with Crippen LogP contribution in [-0.4, -0.2) is 0 Å². The molecule has 1 fully saturated rings. The molecule has 0 amide bonds. The average molecular weight is 976 g/mol. The van der Waals surface area contributed by atoms with Gasteiger partial charge in [-0.2, -0.15) is 0 Å². The minimum atomic E-state index is -0.630. The van der Waals surface area contributed by atoms with Gasteiger partial charge in [-0.3, -0.25) is 0 Å². The van der Waals surface area contributed by atoms with E-state index in [0.717, 1.165) is 72.1 Å². The Kier molecular flexibility index (Phi) is 10.5. The number of fused-ring (bicyclic) bond motifs is 9. The predicted molar refractivity (Wildman–Crippen MR) is 315 cm³/mol. The van der Waals surface area contributed by atoms with Gasteiger partial charge in [0.2, 0.25) is 0 Å². The summed E-state index contributed by atoms with van der Waals surface area (Å²) in [7, 11) is 0. The van der Waals surface area contributed by atoms with Crippen molar-refractivity contribution in [1.29, 1.82) is 0 Å². The van der Waals surface area contributed by atoms with Gasteiger partial charge in [-0.15, -0.1) is 0 Å². The van der Waals surface area contributed by atoms with E-state index < -0.39 is 5.41 Å². The van der Waals surface area contributed by atoms with Crippen molar-refractivity contribution < 1.29 is 8.83 Å². The molecule has 3 nitrogen and oxygen atoms in total. The Morgan fingerprint density at radius 1 is 0.342 bits per heavy atom. The predicted octanol–water partition coefficient (Wildman–Crippen LogP) is 20.4. The molecule has 15 rings (SSSR count). The maximum atomic E-state index is 6.84. The Hall–Kier alpha value is -9.18. The highest BCUT2D eigenvalue weighted by molar-refractivity contribution is 6.16. The van der Waals surface area contributed by atoms with E-state index >= 15 is 0 Å². The smallest absolute Gasteiger partial charge is 0.137 e. The monoisotopic (exact) mass is 975 g/mol. The van der Waals surface area contributed by atoms with E-state index in [2.05, 4.69) is 260 Å². The molecule has 0 bridgehead atoms. The van der Waals surface area contributed by atoms with Gasteiger partial charge < -0.3 is 13.7 Å². The van der Waals surface area contributed by atoms with Crippen LogP contribution in [0.2, 0.25) is 0 Å². The second-order valence-corrected chi connectivity index (χ2v) is 20.9. The van der Waals surface area contributed by atoms with Gasteiger partial charge in [0.1, 0.15) is 22.3 Å². The molecule has 0 aliphatic heterocycles. The van der Waals surface area contributed by atoms with Gasteiger partial charge in [0.05, 0.1) is 16.5 Å². The zero-order valence-corrected chi connectivity index (χ0v) is 42.1. The first-order chi connectivity index (χ1) is 37.7. The highest BCUT2D eigenvalue weighted by Crippen LogP contribution is 2.57. The summed E-state index contributed by atoms with van der Waals surface area (Å²) in [6, 6.07) is 93.7. The van der Waals surface area contributed by atoms with Crippen molar-refractivity contribution in [2.24, 2.45) is 0 Å². The lowest BCUT2D eigenvalue weighted by Crippen LogP contribution is -2.29. The molecule has 76 heavy (non-hydrogen) atoms. The molecule has 13 aromatic rings. The third-order valence-corrected chi connectivity index (χ3v) is 16.8. The van der Waals surface area contributed by atoms with Gasteiger partial charge in [-0.05, 0) is 152 Å². The fourth-order valence-electron chi connectivity index (χ4n) is 13.2. The van der Waals surface area contributed by atoms with Crippen molar-refractivity contribution in [3.05, 3.63) is 283 Å². The van der Waals surface area contributed by atoms with Gasteiger partial charge in [0.15, 0.2) is 0 Å². The topological polar surface area (TPSA) is 29.5 Å². The average Bonchev–Trinajstić information content (AvgIpc) is 4.32. The van der Waals surface area contributed by atoms with Crippen LogP contribution in [0.15, 0.2) is 264 Å². The van der Waals surface area contributed by atoms with E-state index in [1.54, 1.807) is 0 Å². The third-order valence-electron chi connectivity index (χ3n) is 16.8. The standard InChI is InChI=1S/C73H53NO2/c1-4-17-48(18-5-1)50-33-35-52(36-34-50)54-39-43-67-62(45-54)72-66(30-16-32-70(72)76-67)74(58-42-44-68-63(47-58)71-59(27-15-31-69(71)75-68)53-21-8-3-9-22-53)57-24-14-23-56(46-57)73(55-40-37-51(38-41-55)49-19-6-2-7-20-49)64-28-12-10-25-60(64)61-26-11-13-29-65(61)73/h2-3,6-16,19-48H,1,4-5,17-18H2. The molecule has 0 N–H and O–H groups in total. The third kappa shape index (κ3) is 7.10. The molecule has 0 spiro atoms. The summed E-state index contributed by atoms with van der Waals surface area (Å²) < 4.78 is 13.5. The van der Waals surface area contributed by atoms with Crippen molar-refractivity contribution in [3.63, 3.8) is 0 Å². The van der Waals surface area contributed by atoms with Gasteiger partial charge >= 0.3 is 0 Å². The Morgan fingerprint density at radius 2 is 0.882 bits per heavy atom. The van der Waals surface area contributed by atoms with Crippen LogP contribution in [0.1, 0.15) is 65.8 Å². The van der Waals surface area contributed by atoms with Crippen LogP contribution in [0.5, 0.6) is 0 Å². The van der Waals surface area contributed by atoms with Crippen LogP contribution in [-0.2, 0) is 5.41 Å². The van der Waals surface area contributed by atoms with Crippen LogP contribution in [0.3, 0.4) is 0 Å². The van der Waals surface area contributed by atoms with E-state index in [1.165, 1.54) is 93.3 Å². The zero-order valence-electron chi connectivity index (χ0n) is 42.1. The zero-order chi connectivity index (χ0) is 50.2. The number of hydrogen-bond donors (Lipinski definition) is 0. The maximum Gasteiger partial charge on any atom is 0.137 e. The van der Waals surface area contributed by atoms with Gasteiger partial charge in [-0.1, -0.05) is 213 Å². The summed E-state index contributed by atoms with van der Waals surface area (Å²) in [6.07, 6.45) is 6.59. The van der Waals surface area contributed by atoms with Crippen molar-refractivity contribution in [3.8, 4) is 44.5 Å². The van der Waals surface area contributed by atoms with Crippen LogP contribution in [0.25, 0.3) is 88.4 Å². The molecule has 2 aromatic heterocycles. The highest BCUT2D eigenvalue weighted by atomic mass is 16.3. The molecule has 0 atom stereocenters. The lowest BCUT2D eigenvalue weighted by atomic mass is 9.67. The molecule has 2 aliphatic rings. The van der Waals surface area contributed by atoms with Crippen LogP contribution < -0.4 is 4.90 Å². The second kappa shape index (κ2) is 18.0. The van der Waals surface area contributed by atoms with Crippen LogP contribution in [0, 0.1) is 0 Å². The summed E-state index contributed by atoms with van der Waals surface area (Å²) in [6.45, 7) is 0. The summed E-state index contributed by atoms with van der Waals surface area (Å²) in [5.41, 5.74) is 21.9. The number of anilines is 3. The summed E-state index contributed by atoms with van der Waals surface area (Å²) in [4.78, 5) is 2.45. The quantitative estimate of drug-likeness (QED) is 0.144. The van der Waals surface area contributed by atoms with Gasteiger partial charge in [-0.25, -0.2) is 0 Å². The van der Waals surface area contributed by atoms with E-state index in [-0.39, 0.29) is 0 Å². The summed E-state index contributed by atoms with van der Waals surface area (Å²) >= 11 is 0. The molecular formula is C73H53NO2. The maximum absolute atomic E-state index is 6.84. The Labute approximate surface area is 443 Å². The minimum absolute atomic E-state index is 0.630. The summed E-state index contributed by atoms with van der Waals surface area (Å²) in [5, 5.41) is 4.30. The van der Waals surface area contributed by atoms with Crippen molar-refractivity contribution in [1.82, 2.24) is 0 Å². The van der Waals surface area contributed by atoms with Crippen LogP contribution in [0.4, 0.5) is 17.1 Å². The van der Waals surface area contributed by atoms with Crippen LogP contribution >= 0.6 is 0 Å².